The molecule has 1 atom stereocenters. The largest absolute Gasteiger partial charge is 0.458 e. The van der Waals surface area contributed by atoms with Gasteiger partial charge in [-0.3, -0.25) is 4.79 Å². The number of aryl methyl sites for hydroxylation is 1. The fraction of sp³-hybridized carbons (Fsp3) is 0.261. The highest BCUT2D eigenvalue weighted by molar-refractivity contribution is 9.10. The number of esters is 1. The monoisotopic (exact) mass is 486 g/mol. The zero-order valence-electron chi connectivity index (χ0n) is 17.0. The lowest BCUT2D eigenvalue weighted by molar-refractivity contribution is -0.148. The molecule has 0 radical (unpaired) electrons. The van der Waals surface area contributed by atoms with E-state index in [1.807, 2.05) is 57.2 Å². The van der Waals surface area contributed by atoms with Crippen molar-refractivity contribution in [3.63, 3.8) is 0 Å². The van der Waals surface area contributed by atoms with Crippen LogP contribution in [0.25, 0.3) is 10.6 Å². The van der Waals surface area contributed by atoms with E-state index in [9.17, 15) is 9.59 Å². The van der Waals surface area contributed by atoms with E-state index in [2.05, 4.69) is 26.2 Å². The summed E-state index contributed by atoms with van der Waals surface area (Å²) in [7, 11) is 0. The zero-order valence-corrected chi connectivity index (χ0v) is 19.4. The van der Waals surface area contributed by atoms with Crippen molar-refractivity contribution in [3.05, 3.63) is 75.2 Å². The minimum Gasteiger partial charge on any atom is -0.458 e. The van der Waals surface area contributed by atoms with Crippen LogP contribution in [0.2, 0.25) is 0 Å². The van der Waals surface area contributed by atoms with Gasteiger partial charge in [0.2, 0.25) is 0 Å². The molecule has 0 aliphatic rings. The van der Waals surface area contributed by atoms with Crippen LogP contribution in [-0.2, 0) is 16.1 Å². The SMILES string of the molecule is Cc1nc(-c2ccccc2)sc1COC(=O)[C@@H](NC(=O)c1ccccc1Br)C(C)C. The van der Waals surface area contributed by atoms with Crippen LogP contribution in [0.5, 0.6) is 0 Å². The van der Waals surface area contributed by atoms with Crippen molar-refractivity contribution < 1.29 is 14.3 Å². The highest BCUT2D eigenvalue weighted by atomic mass is 79.9. The molecule has 1 heterocycles. The highest BCUT2D eigenvalue weighted by Crippen LogP contribution is 2.28. The first-order valence-electron chi connectivity index (χ1n) is 9.60. The molecule has 0 unspecified atom stereocenters. The van der Waals surface area contributed by atoms with Gasteiger partial charge in [-0.05, 0) is 40.9 Å². The summed E-state index contributed by atoms with van der Waals surface area (Å²) < 4.78 is 6.23. The summed E-state index contributed by atoms with van der Waals surface area (Å²) in [5.41, 5.74) is 2.34. The van der Waals surface area contributed by atoms with E-state index in [4.69, 9.17) is 4.74 Å². The number of nitrogens with zero attached hydrogens (tertiary/aromatic N) is 1. The van der Waals surface area contributed by atoms with Gasteiger partial charge in [-0.2, -0.15) is 0 Å². The lowest BCUT2D eigenvalue weighted by Gasteiger charge is -2.21. The Hall–Kier alpha value is -2.51. The van der Waals surface area contributed by atoms with Gasteiger partial charge in [0, 0.05) is 10.0 Å². The van der Waals surface area contributed by atoms with Crippen molar-refractivity contribution in [1.82, 2.24) is 10.3 Å². The Labute approximate surface area is 188 Å². The molecule has 1 N–H and O–H groups in total. The lowest BCUT2D eigenvalue weighted by atomic mass is 10.0. The molecule has 0 aliphatic heterocycles. The van der Waals surface area contributed by atoms with E-state index in [-0.39, 0.29) is 18.4 Å². The first-order valence-corrected chi connectivity index (χ1v) is 11.2. The molecule has 7 heteroatoms. The molecule has 30 heavy (non-hydrogen) atoms. The van der Waals surface area contributed by atoms with Crippen LogP contribution >= 0.6 is 27.3 Å². The summed E-state index contributed by atoms with van der Waals surface area (Å²) >= 11 is 4.87. The van der Waals surface area contributed by atoms with E-state index >= 15 is 0 Å². The third-order valence-corrected chi connectivity index (χ3v) is 6.46. The smallest absolute Gasteiger partial charge is 0.329 e. The van der Waals surface area contributed by atoms with E-state index in [0.717, 1.165) is 21.1 Å². The highest BCUT2D eigenvalue weighted by Gasteiger charge is 2.27. The maximum Gasteiger partial charge on any atom is 0.329 e. The predicted molar refractivity (Wildman–Crippen MR) is 122 cm³/mol. The minimum absolute atomic E-state index is 0.119. The molecule has 3 aromatic rings. The number of ether oxygens (including phenoxy) is 1. The van der Waals surface area contributed by atoms with Gasteiger partial charge in [-0.1, -0.05) is 56.3 Å². The molecular formula is C23H23BrN2O3S. The van der Waals surface area contributed by atoms with Crippen molar-refractivity contribution in [2.24, 2.45) is 5.92 Å². The zero-order chi connectivity index (χ0) is 21.7. The molecule has 1 amide bonds. The summed E-state index contributed by atoms with van der Waals surface area (Å²) in [6.07, 6.45) is 0. The number of benzene rings is 2. The molecule has 0 aliphatic carbocycles. The predicted octanol–water partition coefficient (Wildman–Crippen LogP) is 5.38. The van der Waals surface area contributed by atoms with E-state index < -0.39 is 12.0 Å². The number of carbonyl (C=O) groups excluding carboxylic acids is 2. The Morgan fingerprint density at radius 3 is 2.43 bits per heavy atom. The van der Waals surface area contributed by atoms with Gasteiger partial charge >= 0.3 is 5.97 Å². The maximum absolute atomic E-state index is 12.7. The number of hydrogen-bond acceptors (Lipinski definition) is 5. The molecule has 0 fully saturated rings. The standard InChI is InChI=1S/C23H23BrN2O3S/c1-14(2)20(26-21(27)17-11-7-8-12-18(17)24)23(28)29-13-19-15(3)25-22(30-19)16-9-5-4-6-10-16/h4-12,14,20H,13H2,1-3H3,(H,26,27)/t20-/m0/s1. The second-order valence-electron chi connectivity index (χ2n) is 7.18. The first kappa shape index (κ1) is 22.2. The number of carbonyl (C=O) groups is 2. The molecule has 3 rings (SSSR count). The van der Waals surface area contributed by atoms with Crippen LogP contribution in [0.3, 0.4) is 0 Å². The molecule has 1 aromatic heterocycles. The Morgan fingerprint density at radius 2 is 1.77 bits per heavy atom. The van der Waals surface area contributed by atoms with Crippen LogP contribution in [-0.4, -0.2) is 22.9 Å². The van der Waals surface area contributed by atoms with Crippen LogP contribution in [0.1, 0.15) is 34.8 Å². The fourth-order valence-electron chi connectivity index (χ4n) is 2.85. The molecule has 156 valence electrons. The van der Waals surface area contributed by atoms with Crippen molar-refractivity contribution in [1.29, 1.82) is 0 Å². The third kappa shape index (κ3) is 5.34. The second-order valence-corrected chi connectivity index (χ2v) is 9.11. The van der Waals surface area contributed by atoms with Gasteiger partial charge in [0.05, 0.1) is 16.1 Å². The maximum atomic E-state index is 12.7. The molecular weight excluding hydrogens is 464 g/mol. The lowest BCUT2D eigenvalue weighted by Crippen LogP contribution is -2.45. The molecule has 0 saturated carbocycles. The van der Waals surface area contributed by atoms with Crippen molar-refractivity contribution in [2.75, 3.05) is 0 Å². The van der Waals surface area contributed by atoms with E-state index in [1.165, 1.54) is 11.3 Å². The number of nitrogens with one attached hydrogen (secondary N) is 1. The Balaban J connectivity index is 1.67. The average molecular weight is 487 g/mol. The van der Waals surface area contributed by atoms with Gasteiger partial charge in [0.15, 0.2) is 0 Å². The number of hydrogen-bond donors (Lipinski definition) is 1. The Morgan fingerprint density at radius 1 is 1.10 bits per heavy atom. The van der Waals surface area contributed by atoms with Crippen molar-refractivity contribution >= 4 is 39.1 Å². The van der Waals surface area contributed by atoms with Gasteiger partial charge in [-0.15, -0.1) is 11.3 Å². The number of amides is 1. The van der Waals surface area contributed by atoms with Crippen LogP contribution in [0.4, 0.5) is 0 Å². The number of thiazole rings is 1. The number of halogens is 1. The summed E-state index contributed by atoms with van der Waals surface area (Å²) in [5, 5.41) is 3.69. The van der Waals surface area contributed by atoms with Crippen molar-refractivity contribution in [2.45, 2.75) is 33.4 Å². The topological polar surface area (TPSA) is 68.3 Å². The average Bonchev–Trinajstić information content (AvgIpc) is 3.11. The summed E-state index contributed by atoms with van der Waals surface area (Å²) in [4.78, 5) is 30.8. The fourth-order valence-corrected chi connectivity index (χ4v) is 4.30. The van der Waals surface area contributed by atoms with Gasteiger partial charge in [0.25, 0.3) is 5.91 Å². The summed E-state index contributed by atoms with van der Waals surface area (Å²) in [6, 6.07) is 16.2. The summed E-state index contributed by atoms with van der Waals surface area (Å²) in [5.74, 6) is -0.899. The van der Waals surface area contributed by atoms with Crippen LogP contribution < -0.4 is 5.32 Å². The van der Waals surface area contributed by atoms with E-state index in [1.54, 1.807) is 18.2 Å². The number of aromatic nitrogens is 1. The normalized spacial score (nSPS) is 11.9. The Bertz CT molecular complexity index is 1030. The van der Waals surface area contributed by atoms with Gasteiger partial charge < -0.3 is 10.1 Å². The Kier molecular flexibility index (Phi) is 7.39. The summed E-state index contributed by atoms with van der Waals surface area (Å²) in [6.45, 7) is 5.78. The second kappa shape index (κ2) is 10.00. The van der Waals surface area contributed by atoms with Crippen molar-refractivity contribution in [3.8, 4) is 10.6 Å². The van der Waals surface area contributed by atoms with Gasteiger partial charge in [0.1, 0.15) is 17.7 Å². The molecule has 2 aromatic carbocycles. The number of rotatable bonds is 7. The minimum atomic E-state index is -0.744. The van der Waals surface area contributed by atoms with Gasteiger partial charge in [-0.25, -0.2) is 9.78 Å². The van der Waals surface area contributed by atoms with Crippen LogP contribution in [0, 0.1) is 12.8 Å². The molecule has 0 spiro atoms. The van der Waals surface area contributed by atoms with Crippen LogP contribution in [0.15, 0.2) is 59.1 Å². The molecule has 0 saturated heterocycles. The molecule has 5 nitrogen and oxygen atoms in total. The molecule has 0 bridgehead atoms. The first-order chi connectivity index (χ1) is 14.4. The third-order valence-electron chi connectivity index (χ3n) is 4.58. The quantitative estimate of drug-likeness (QED) is 0.455. The van der Waals surface area contributed by atoms with E-state index in [0.29, 0.717) is 10.0 Å².